The fraction of sp³-hybridized carbons (Fsp3) is 0. The number of nitrogens with one attached hydrogen (secondary N) is 1. The molecule has 4 heteroatoms. The molecule has 0 aliphatic heterocycles. The lowest BCUT2D eigenvalue weighted by molar-refractivity contribution is 1.12. The highest BCUT2D eigenvalue weighted by molar-refractivity contribution is 9.10. The van der Waals surface area contributed by atoms with Gasteiger partial charge in [0.2, 0.25) is 0 Å². The van der Waals surface area contributed by atoms with Crippen molar-refractivity contribution in [1.82, 2.24) is 10.2 Å². The summed E-state index contributed by atoms with van der Waals surface area (Å²) in [6, 6.07) is 5.62. The van der Waals surface area contributed by atoms with Crippen molar-refractivity contribution in [3.05, 3.63) is 28.4 Å². The van der Waals surface area contributed by atoms with Crippen molar-refractivity contribution in [1.29, 1.82) is 5.26 Å². The van der Waals surface area contributed by atoms with Crippen molar-refractivity contribution in [3.8, 4) is 6.07 Å². The zero-order valence-electron chi connectivity index (χ0n) is 6.00. The molecule has 0 bridgehead atoms. The molecule has 2 rings (SSSR count). The van der Waals surface area contributed by atoms with E-state index in [1.54, 1.807) is 18.3 Å². The maximum atomic E-state index is 8.65. The van der Waals surface area contributed by atoms with Crippen LogP contribution in [-0.4, -0.2) is 10.2 Å². The van der Waals surface area contributed by atoms with Gasteiger partial charge >= 0.3 is 0 Å². The zero-order chi connectivity index (χ0) is 8.55. The van der Waals surface area contributed by atoms with Crippen LogP contribution in [-0.2, 0) is 0 Å². The van der Waals surface area contributed by atoms with Gasteiger partial charge in [0.25, 0.3) is 0 Å². The molecule has 0 aliphatic rings. The lowest BCUT2D eigenvalue weighted by Crippen LogP contribution is -1.76. The summed E-state index contributed by atoms with van der Waals surface area (Å²) in [4.78, 5) is 0. The van der Waals surface area contributed by atoms with Crippen LogP contribution < -0.4 is 0 Å². The van der Waals surface area contributed by atoms with Gasteiger partial charge in [-0.05, 0) is 28.1 Å². The summed E-state index contributed by atoms with van der Waals surface area (Å²) < 4.78 is 0.894. The minimum atomic E-state index is 0.624. The average molecular weight is 222 g/mol. The quantitative estimate of drug-likeness (QED) is 0.742. The summed E-state index contributed by atoms with van der Waals surface area (Å²) in [5.74, 6) is 0. The van der Waals surface area contributed by atoms with Crippen molar-refractivity contribution < 1.29 is 0 Å². The molecule has 1 aromatic carbocycles. The Hall–Kier alpha value is -1.34. The van der Waals surface area contributed by atoms with Gasteiger partial charge in [0.05, 0.1) is 23.3 Å². The van der Waals surface area contributed by atoms with Crippen molar-refractivity contribution in [2.75, 3.05) is 0 Å². The van der Waals surface area contributed by atoms with Crippen molar-refractivity contribution >= 4 is 26.8 Å². The number of benzene rings is 1. The van der Waals surface area contributed by atoms with Crippen LogP contribution in [0.4, 0.5) is 0 Å². The normalized spacial score (nSPS) is 10.0. The van der Waals surface area contributed by atoms with Crippen LogP contribution in [0, 0.1) is 11.3 Å². The van der Waals surface area contributed by atoms with E-state index in [4.69, 9.17) is 5.26 Å². The van der Waals surface area contributed by atoms with E-state index in [0.29, 0.717) is 5.56 Å². The Labute approximate surface area is 77.1 Å². The van der Waals surface area contributed by atoms with Crippen LogP contribution in [0.1, 0.15) is 5.56 Å². The fourth-order valence-corrected chi connectivity index (χ4v) is 1.64. The van der Waals surface area contributed by atoms with Crippen LogP contribution in [0.5, 0.6) is 0 Å². The SMILES string of the molecule is N#Cc1cc(Br)c2cn[nH]c2c1. The molecular weight excluding hydrogens is 218 g/mol. The smallest absolute Gasteiger partial charge is 0.0992 e. The minimum Gasteiger partial charge on any atom is -0.278 e. The third-order valence-corrected chi connectivity index (χ3v) is 2.29. The number of H-pyrrole nitrogens is 1. The predicted molar refractivity (Wildman–Crippen MR) is 48.5 cm³/mol. The maximum Gasteiger partial charge on any atom is 0.0992 e. The van der Waals surface area contributed by atoms with Gasteiger partial charge < -0.3 is 0 Å². The van der Waals surface area contributed by atoms with E-state index in [2.05, 4.69) is 32.2 Å². The Morgan fingerprint density at radius 3 is 3.08 bits per heavy atom. The molecular formula is C8H4BrN3. The van der Waals surface area contributed by atoms with E-state index >= 15 is 0 Å². The Bertz CT molecular complexity index is 467. The molecule has 1 N–H and O–H groups in total. The molecule has 0 spiro atoms. The highest BCUT2D eigenvalue weighted by Gasteiger charge is 2.02. The summed E-state index contributed by atoms with van der Waals surface area (Å²) in [7, 11) is 0. The first-order chi connectivity index (χ1) is 5.81. The van der Waals surface area contributed by atoms with Gasteiger partial charge in [-0.25, -0.2) is 0 Å². The van der Waals surface area contributed by atoms with Crippen LogP contribution in [0.25, 0.3) is 10.9 Å². The van der Waals surface area contributed by atoms with Crippen molar-refractivity contribution in [3.63, 3.8) is 0 Å². The summed E-state index contributed by atoms with van der Waals surface area (Å²) in [5.41, 5.74) is 1.50. The van der Waals surface area contributed by atoms with E-state index in [1.807, 2.05) is 0 Å². The van der Waals surface area contributed by atoms with Gasteiger partial charge in [-0.2, -0.15) is 10.4 Å². The second-order valence-electron chi connectivity index (χ2n) is 2.40. The van der Waals surface area contributed by atoms with Crippen LogP contribution in [0.3, 0.4) is 0 Å². The van der Waals surface area contributed by atoms with E-state index in [1.165, 1.54) is 0 Å². The lowest BCUT2D eigenvalue weighted by Gasteiger charge is -1.93. The third kappa shape index (κ3) is 0.990. The molecule has 0 unspecified atom stereocenters. The van der Waals surface area contributed by atoms with E-state index in [-0.39, 0.29) is 0 Å². The second kappa shape index (κ2) is 2.61. The van der Waals surface area contributed by atoms with Crippen LogP contribution in [0.2, 0.25) is 0 Å². The fourth-order valence-electron chi connectivity index (χ4n) is 1.07. The van der Waals surface area contributed by atoms with Crippen LogP contribution in [0.15, 0.2) is 22.8 Å². The second-order valence-corrected chi connectivity index (χ2v) is 3.26. The lowest BCUT2D eigenvalue weighted by atomic mass is 10.2. The molecule has 0 saturated heterocycles. The number of hydrogen-bond acceptors (Lipinski definition) is 2. The number of aromatic amines is 1. The average Bonchev–Trinajstić information content (AvgIpc) is 2.52. The largest absolute Gasteiger partial charge is 0.278 e. The van der Waals surface area contributed by atoms with E-state index in [9.17, 15) is 0 Å². The van der Waals surface area contributed by atoms with Gasteiger partial charge in [0, 0.05) is 9.86 Å². The monoisotopic (exact) mass is 221 g/mol. The standard InChI is InChI=1S/C8H4BrN3/c9-7-1-5(3-10)2-8-6(7)4-11-12-8/h1-2,4H,(H,11,12). The number of halogens is 1. The van der Waals surface area contributed by atoms with Crippen molar-refractivity contribution in [2.24, 2.45) is 0 Å². The van der Waals surface area contributed by atoms with Gasteiger partial charge in [-0.1, -0.05) is 0 Å². The summed E-state index contributed by atoms with van der Waals surface area (Å²) >= 11 is 3.36. The molecule has 0 saturated carbocycles. The number of rotatable bonds is 0. The maximum absolute atomic E-state index is 8.65. The Morgan fingerprint density at radius 1 is 1.50 bits per heavy atom. The predicted octanol–water partition coefficient (Wildman–Crippen LogP) is 2.20. The first kappa shape index (κ1) is 7.32. The van der Waals surface area contributed by atoms with Gasteiger partial charge in [0.1, 0.15) is 0 Å². The number of nitrogens with zero attached hydrogens (tertiary/aromatic N) is 2. The number of nitriles is 1. The molecule has 1 aromatic heterocycles. The van der Waals surface area contributed by atoms with Gasteiger partial charge in [0.15, 0.2) is 0 Å². The summed E-state index contributed by atoms with van der Waals surface area (Å²) in [6.45, 7) is 0. The molecule has 0 fully saturated rings. The van der Waals surface area contributed by atoms with E-state index in [0.717, 1.165) is 15.4 Å². The first-order valence-electron chi connectivity index (χ1n) is 3.34. The topological polar surface area (TPSA) is 52.5 Å². The van der Waals surface area contributed by atoms with Gasteiger partial charge in [-0.3, -0.25) is 5.10 Å². The molecule has 1 heterocycles. The Morgan fingerprint density at radius 2 is 2.33 bits per heavy atom. The number of fused-ring (bicyclic) bond motifs is 1. The minimum absolute atomic E-state index is 0.624. The Balaban J connectivity index is 2.86. The van der Waals surface area contributed by atoms with Crippen LogP contribution >= 0.6 is 15.9 Å². The highest BCUT2D eigenvalue weighted by atomic mass is 79.9. The molecule has 3 nitrogen and oxygen atoms in total. The van der Waals surface area contributed by atoms with Crippen molar-refractivity contribution in [2.45, 2.75) is 0 Å². The molecule has 0 aliphatic carbocycles. The summed E-state index contributed by atoms with van der Waals surface area (Å²) in [5, 5.41) is 16.3. The number of hydrogen-bond donors (Lipinski definition) is 1. The molecule has 58 valence electrons. The Kier molecular flexibility index (Phi) is 1.59. The molecule has 12 heavy (non-hydrogen) atoms. The highest BCUT2D eigenvalue weighted by Crippen LogP contribution is 2.23. The molecule has 0 amide bonds. The zero-order valence-corrected chi connectivity index (χ0v) is 7.59. The first-order valence-corrected chi connectivity index (χ1v) is 4.13. The molecule has 0 radical (unpaired) electrons. The number of aromatic nitrogens is 2. The molecule has 0 atom stereocenters. The third-order valence-electron chi connectivity index (χ3n) is 1.64. The summed E-state index contributed by atoms with van der Waals surface area (Å²) in [6.07, 6.45) is 1.72. The molecule has 2 aromatic rings. The van der Waals surface area contributed by atoms with Gasteiger partial charge in [-0.15, -0.1) is 0 Å². The van der Waals surface area contributed by atoms with E-state index < -0.39 is 0 Å².